The number of carbonyl (C=O) groups excluding carboxylic acids is 1. The number of rotatable bonds is 6. The Morgan fingerprint density at radius 1 is 1.42 bits per heavy atom. The first-order valence-electron chi connectivity index (χ1n) is 5.16. The van der Waals surface area contributed by atoms with E-state index in [4.69, 9.17) is 4.55 Å². The summed E-state index contributed by atoms with van der Waals surface area (Å²) in [5.41, 5.74) is -0.177. The number of Topliss-reactive ketones (excluding diaryl/α,β-unsaturated/α-hetero) is 1. The normalized spacial score (nSPS) is 11.3. The van der Waals surface area contributed by atoms with Gasteiger partial charge in [-0.15, -0.1) is 12.6 Å². The van der Waals surface area contributed by atoms with Gasteiger partial charge in [0.05, 0.1) is 10.7 Å². The van der Waals surface area contributed by atoms with Crippen molar-refractivity contribution in [1.29, 1.82) is 0 Å². The fourth-order valence-corrected chi connectivity index (χ4v) is 2.18. The summed E-state index contributed by atoms with van der Waals surface area (Å²) in [6.45, 7) is 0. The number of benzene rings is 1. The number of ketones is 1. The molecule has 0 atom stereocenters. The van der Waals surface area contributed by atoms with E-state index in [0.717, 1.165) is 6.07 Å². The maximum absolute atomic E-state index is 11.8. The van der Waals surface area contributed by atoms with Crippen molar-refractivity contribution in [3.05, 3.63) is 33.9 Å². The van der Waals surface area contributed by atoms with E-state index >= 15 is 0 Å². The number of hydrogen-bond acceptors (Lipinski definition) is 6. The Morgan fingerprint density at radius 2 is 2.05 bits per heavy atom. The van der Waals surface area contributed by atoms with Crippen molar-refractivity contribution in [3.63, 3.8) is 0 Å². The summed E-state index contributed by atoms with van der Waals surface area (Å²) >= 11 is 4.02. The average Bonchev–Trinajstić information content (AvgIpc) is 2.27. The molecule has 0 heterocycles. The molecule has 7 nitrogen and oxygen atoms in total. The minimum absolute atomic E-state index is 0.0619. The second-order valence-electron chi connectivity index (χ2n) is 3.77. The SMILES string of the molecule is O=C(CCCS(=O)(=O)O)c1cc([N+](=O)[O-])ccc1S. The maximum Gasteiger partial charge on any atom is 0.270 e. The van der Waals surface area contributed by atoms with Crippen LogP contribution in [0.3, 0.4) is 0 Å². The molecule has 0 amide bonds. The van der Waals surface area contributed by atoms with Crippen LogP contribution in [0.25, 0.3) is 0 Å². The van der Waals surface area contributed by atoms with Gasteiger partial charge in [-0.2, -0.15) is 8.42 Å². The first-order chi connectivity index (χ1) is 8.70. The highest BCUT2D eigenvalue weighted by Crippen LogP contribution is 2.22. The van der Waals surface area contributed by atoms with Gasteiger partial charge in [0.25, 0.3) is 15.8 Å². The monoisotopic (exact) mass is 305 g/mol. The van der Waals surface area contributed by atoms with Gasteiger partial charge in [0.2, 0.25) is 0 Å². The number of carbonyl (C=O) groups is 1. The molecular formula is C10H11NO6S2. The van der Waals surface area contributed by atoms with Crippen LogP contribution < -0.4 is 0 Å². The number of nitrogens with zero attached hydrogens (tertiary/aromatic N) is 1. The molecule has 1 aromatic carbocycles. The molecule has 0 radical (unpaired) electrons. The Hall–Kier alpha value is -1.45. The highest BCUT2D eigenvalue weighted by molar-refractivity contribution is 7.85. The zero-order chi connectivity index (χ0) is 14.6. The summed E-state index contributed by atoms with van der Waals surface area (Å²) in [4.78, 5) is 22.0. The fraction of sp³-hybridized carbons (Fsp3) is 0.300. The predicted molar refractivity (Wildman–Crippen MR) is 70.3 cm³/mol. The average molecular weight is 305 g/mol. The molecular weight excluding hydrogens is 294 g/mol. The predicted octanol–water partition coefficient (Wildman–Crippen LogP) is 1.73. The fourth-order valence-electron chi connectivity index (χ4n) is 1.41. The molecule has 0 aliphatic rings. The minimum Gasteiger partial charge on any atom is -0.294 e. The van der Waals surface area contributed by atoms with E-state index < -0.39 is 26.6 Å². The van der Waals surface area contributed by atoms with Gasteiger partial charge in [-0.1, -0.05) is 0 Å². The topological polar surface area (TPSA) is 115 Å². The molecule has 19 heavy (non-hydrogen) atoms. The van der Waals surface area contributed by atoms with Crippen LogP contribution in [0.4, 0.5) is 5.69 Å². The van der Waals surface area contributed by atoms with Crippen LogP contribution in [0.5, 0.6) is 0 Å². The molecule has 1 N–H and O–H groups in total. The smallest absolute Gasteiger partial charge is 0.270 e. The van der Waals surface area contributed by atoms with Gasteiger partial charge in [-0.25, -0.2) is 0 Å². The molecule has 0 spiro atoms. The molecule has 0 aliphatic carbocycles. The summed E-state index contributed by atoms with van der Waals surface area (Å²) in [7, 11) is -4.11. The van der Waals surface area contributed by atoms with Crippen molar-refractivity contribution < 1.29 is 22.7 Å². The van der Waals surface area contributed by atoms with Crippen LogP contribution in [0.15, 0.2) is 23.1 Å². The van der Waals surface area contributed by atoms with E-state index in [2.05, 4.69) is 12.6 Å². The molecule has 0 bridgehead atoms. The standard InChI is InChI=1S/C10H11NO6S2/c12-9(2-1-5-19(15,16)17)8-6-7(11(13)14)3-4-10(8)18/h3-4,6,18H,1-2,5H2,(H,15,16,17). The van der Waals surface area contributed by atoms with Crippen LogP contribution in [-0.4, -0.2) is 29.4 Å². The second-order valence-corrected chi connectivity index (χ2v) is 5.83. The molecule has 1 rings (SSSR count). The Labute approximate surface area is 114 Å². The lowest BCUT2D eigenvalue weighted by Crippen LogP contribution is -2.08. The summed E-state index contributed by atoms with van der Waals surface area (Å²) < 4.78 is 29.5. The minimum atomic E-state index is -4.11. The van der Waals surface area contributed by atoms with Crippen molar-refractivity contribution >= 4 is 34.2 Å². The van der Waals surface area contributed by atoms with Crippen LogP contribution in [-0.2, 0) is 10.1 Å². The summed E-state index contributed by atoms with van der Waals surface area (Å²) in [6.07, 6.45) is -0.206. The van der Waals surface area contributed by atoms with Gasteiger partial charge in [0, 0.05) is 29.0 Å². The quantitative estimate of drug-likeness (QED) is 0.272. The Bertz CT molecular complexity index is 610. The van der Waals surface area contributed by atoms with Crippen molar-refractivity contribution in [2.45, 2.75) is 17.7 Å². The van der Waals surface area contributed by atoms with Crippen molar-refractivity contribution in [2.24, 2.45) is 0 Å². The third kappa shape index (κ3) is 4.97. The number of non-ortho nitro benzene ring substituents is 1. The Balaban J connectivity index is 2.82. The summed E-state index contributed by atoms with van der Waals surface area (Å²) in [5.74, 6) is -0.993. The van der Waals surface area contributed by atoms with Crippen LogP contribution in [0.1, 0.15) is 23.2 Å². The molecule has 0 aliphatic heterocycles. The maximum atomic E-state index is 11.8. The van der Waals surface area contributed by atoms with Gasteiger partial charge >= 0.3 is 0 Å². The van der Waals surface area contributed by atoms with Gasteiger partial charge in [0.15, 0.2) is 5.78 Å². The first kappa shape index (κ1) is 15.6. The summed E-state index contributed by atoms with van der Waals surface area (Å²) in [5, 5.41) is 10.6. The van der Waals surface area contributed by atoms with Crippen molar-refractivity contribution in [2.75, 3.05) is 5.75 Å². The second kappa shape index (κ2) is 6.13. The third-order valence-corrected chi connectivity index (χ3v) is 3.49. The van der Waals surface area contributed by atoms with E-state index in [-0.39, 0.29) is 29.0 Å². The zero-order valence-corrected chi connectivity index (χ0v) is 11.4. The van der Waals surface area contributed by atoms with Gasteiger partial charge in [-0.3, -0.25) is 19.5 Å². The number of nitro benzene ring substituents is 1. The highest BCUT2D eigenvalue weighted by Gasteiger charge is 2.16. The van der Waals surface area contributed by atoms with Crippen LogP contribution >= 0.6 is 12.6 Å². The molecule has 0 saturated heterocycles. The molecule has 9 heteroatoms. The molecule has 0 fully saturated rings. The number of hydrogen-bond donors (Lipinski definition) is 2. The lowest BCUT2D eigenvalue weighted by molar-refractivity contribution is -0.384. The van der Waals surface area contributed by atoms with E-state index in [0.29, 0.717) is 0 Å². The Kier molecular flexibility index (Phi) is 5.04. The van der Waals surface area contributed by atoms with Crippen LogP contribution in [0, 0.1) is 10.1 Å². The molecule has 0 unspecified atom stereocenters. The number of nitro groups is 1. The first-order valence-corrected chi connectivity index (χ1v) is 7.22. The van der Waals surface area contributed by atoms with Gasteiger partial charge < -0.3 is 0 Å². The largest absolute Gasteiger partial charge is 0.294 e. The lowest BCUT2D eigenvalue weighted by Gasteiger charge is -2.03. The summed E-state index contributed by atoms with van der Waals surface area (Å²) in [6, 6.07) is 3.65. The zero-order valence-electron chi connectivity index (χ0n) is 9.64. The lowest BCUT2D eigenvalue weighted by atomic mass is 10.1. The van der Waals surface area contributed by atoms with Crippen molar-refractivity contribution in [1.82, 2.24) is 0 Å². The molecule has 0 aromatic heterocycles. The van der Waals surface area contributed by atoms with Gasteiger partial charge in [-0.05, 0) is 12.5 Å². The van der Waals surface area contributed by atoms with Gasteiger partial charge in [0.1, 0.15) is 0 Å². The van der Waals surface area contributed by atoms with E-state index in [1.54, 1.807) is 0 Å². The number of thiol groups is 1. The molecule has 104 valence electrons. The van der Waals surface area contributed by atoms with E-state index in [1.165, 1.54) is 12.1 Å². The Morgan fingerprint density at radius 3 is 2.58 bits per heavy atom. The van der Waals surface area contributed by atoms with E-state index in [9.17, 15) is 23.3 Å². The van der Waals surface area contributed by atoms with E-state index in [1.807, 2.05) is 0 Å². The van der Waals surface area contributed by atoms with Crippen molar-refractivity contribution in [3.8, 4) is 0 Å². The molecule has 1 aromatic rings. The molecule has 0 saturated carbocycles. The highest BCUT2D eigenvalue weighted by atomic mass is 32.2. The van der Waals surface area contributed by atoms with Crippen LogP contribution in [0.2, 0.25) is 0 Å². The third-order valence-electron chi connectivity index (χ3n) is 2.30.